The number of hydrogen-bond acceptors (Lipinski definition) is 3. The lowest BCUT2D eigenvalue weighted by Crippen LogP contribution is -2.34. The molecule has 0 spiro atoms. The number of nitrogens with zero attached hydrogens (tertiary/aromatic N) is 1. The van der Waals surface area contributed by atoms with Crippen molar-refractivity contribution < 1.29 is 14.6 Å². The van der Waals surface area contributed by atoms with E-state index in [-0.39, 0.29) is 18.9 Å². The number of benzene rings is 2. The Bertz CT molecular complexity index is 598. The summed E-state index contributed by atoms with van der Waals surface area (Å²) in [6.07, 6.45) is 0.261. The summed E-state index contributed by atoms with van der Waals surface area (Å²) in [7, 11) is 1.60. The van der Waals surface area contributed by atoms with E-state index < -0.39 is 0 Å². The summed E-state index contributed by atoms with van der Waals surface area (Å²) in [5.41, 5.74) is 1.90. The highest BCUT2D eigenvalue weighted by atomic mass is 16.5. The fraction of sp³-hybridized carbons (Fsp3) is 0.278. The van der Waals surface area contributed by atoms with Crippen molar-refractivity contribution in [3.63, 3.8) is 0 Å². The van der Waals surface area contributed by atoms with Crippen LogP contribution in [0.15, 0.2) is 54.6 Å². The van der Waals surface area contributed by atoms with Crippen LogP contribution in [0.25, 0.3) is 0 Å². The van der Waals surface area contributed by atoms with Crippen molar-refractivity contribution in [1.82, 2.24) is 4.90 Å². The Morgan fingerprint density at radius 2 is 1.77 bits per heavy atom. The van der Waals surface area contributed by atoms with Gasteiger partial charge in [0.05, 0.1) is 20.1 Å². The Morgan fingerprint density at radius 3 is 2.45 bits per heavy atom. The van der Waals surface area contributed by atoms with Crippen LogP contribution in [0.3, 0.4) is 0 Å². The lowest BCUT2D eigenvalue weighted by atomic mass is 10.1. The maximum Gasteiger partial charge on any atom is 0.227 e. The monoisotopic (exact) mass is 299 g/mol. The largest absolute Gasteiger partial charge is 0.496 e. The summed E-state index contributed by atoms with van der Waals surface area (Å²) >= 11 is 0. The van der Waals surface area contributed by atoms with Gasteiger partial charge in [-0.15, -0.1) is 0 Å². The maximum atomic E-state index is 12.5. The van der Waals surface area contributed by atoms with E-state index in [1.165, 1.54) is 0 Å². The zero-order valence-corrected chi connectivity index (χ0v) is 12.7. The van der Waals surface area contributed by atoms with Crippen LogP contribution in [0.4, 0.5) is 0 Å². The van der Waals surface area contributed by atoms with Gasteiger partial charge in [-0.2, -0.15) is 0 Å². The molecule has 0 atom stereocenters. The summed E-state index contributed by atoms with van der Waals surface area (Å²) in [5.74, 6) is 0.682. The summed E-state index contributed by atoms with van der Waals surface area (Å²) in [4.78, 5) is 14.2. The first-order chi connectivity index (χ1) is 10.7. The SMILES string of the molecule is COc1ccccc1CC(=O)N(CCO)Cc1ccccc1. The fourth-order valence-corrected chi connectivity index (χ4v) is 2.34. The molecule has 0 aromatic heterocycles. The van der Waals surface area contributed by atoms with E-state index in [1.807, 2.05) is 54.6 Å². The molecule has 0 saturated carbocycles. The van der Waals surface area contributed by atoms with E-state index in [0.29, 0.717) is 18.8 Å². The topological polar surface area (TPSA) is 49.8 Å². The molecule has 116 valence electrons. The number of methoxy groups -OCH3 is 1. The molecule has 4 nitrogen and oxygen atoms in total. The minimum absolute atomic E-state index is 0.0256. The second kappa shape index (κ2) is 8.20. The van der Waals surface area contributed by atoms with E-state index in [0.717, 1.165) is 11.1 Å². The van der Waals surface area contributed by atoms with Gasteiger partial charge in [-0.1, -0.05) is 48.5 Å². The van der Waals surface area contributed by atoms with Crippen LogP contribution in [0.2, 0.25) is 0 Å². The summed E-state index contributed by atoms with van der Waals surface area (Å²) in [5, 5.41) is 9.21. The van der Waals surface area contributed by atoms with Gasteiger partial charge in [0.15, 0.2) is 0 Å². The van der Waals surface area contributed by atoms with Crippen LogP contribution in [-0.2, 0) is 17.8 Å². The molecule has 2 rings (SSSR count). The molecule has 22 heavy (non-hydrogen) atoms. The first-order valence-corrected chi connectivity index (χ1v) is 7.29. The Hall–Kier alpha value is -2.33. The Labute approximate surface area is 131 Å². The summed E-state index contributed by atoms with van der Waals surface area (Å²) in [6, 6.07) is 17.3. The second-order valence-electron chi connectivity index (χ2n) is 5.01. The quantitative estimate of drug-likeness (QED) is 0.853. The standard InChI is InChI=1S/C18H21NO3/c1-22-17-10-6-5-9-16(17)13-18(21)19(11-12-20)14-15-7-3-2-4-8-15/h2-10,20H,11-14H2,1H3. The van der Waals surface area contributed by atoms with E-state index >= 15 is 0 Å². The molecule has 0 aliphatic rings. The van der Waals surface area contributed by atoms with Gasteiger partial charge in [0, 0.05) is 18.7 Å². The zero-order chi connectivity index (χ0) is 15.8. The highest BCUT2D eigenvalue weighted by Crippen LogP contribution is 2.19. The fourth-order valence-electron chi connectivity index (χ4n) is 2.34. The molecule has 1 N–H and O–H groups in total. The van der Waals surface area contributed by atoms with Gasteiger partial charge in [-0.25, -0.2) is 0 Å². The Kier molecular flexibility index (Phi) is 5.98. The van der Waals surface area contributed by atoms with Crippen molar-refractivity contribution >= 4 is 5.91 Å². The third-order valence-corrected chi connectivity index (χ3v) is 3.47. The van der Waals surface area contributed by atoms with Crippen LogP contribution in [0, 0.1) is 0 Å². The smallest absolute Gasteiger partial charge is 0.227 e. The zero-order valence-electron chi connectivity index (χ0n) is 12.7. The predicted octanol–water partition coefficient (Wildman–Crippen LogP) is 2.26. The number of carbonyl (C=O) groups excluding carboxylic acids is 1. The van der Waals surface area contributed by atoms with Gasteiger partial charge in [0.25, 0.3) is 0 Å². The average molecular weight is 299 g/mol. The molecule has 0 saturated heterocycles. The molecule has 0 radical (unpaired) electrons. The number of carbonyl (C=O) groups is 1. The van der Waals surface area contributed by atoms with E-state index in [4.69, 9.17) is 4.74 Å². The lowest BCUT2D eigenvalue weighted by molar-refractivity contribution is -0.131. The number of hydrogen-bond donors (Lipinski definition) is 1. The van der Waals surface area contributed by atoms with Gasteiger partial charge in [-0.3, -0.25) is 4.79 Å². The van der Waals surface area contributed by atoms with E-state index in [2.05, 4.69) is 0 Å². The molecule has 0 aliphatic heterocycles. The summed E-state index contributed by atoms with van der Waals surface area (Å²) in [6.45, 7) is 0.767. The van der Waals surface area contributed by atoms with E-state index in [1.54, 1.807) is 12.0 Å². The average Bonchev–Trinajstić information content (AvgIpc) is 2.56. The molecule has 0 unspecified atom stereocenters. The summed E-state index contributed by atoms with van der Waals surface area (Å²) < 4.78 is 5.28. The third-order valence-electron chi connectivity index (χ3n) is 3.47. The number of para-hydroxylation sites is 1. The van der Waals surface area contributed by atoms with Crippen LogP contribution in [0.5, 0.6) is 5.75 Å². The van der Waals surface area contributed by atoms with Crippen molar-refractivity contribution in [1.29, 1.82) is 0 Å². The van der Waals surface area contributed by atoms with Gasteiger partial charge in [-0.05, 0) is 11.6 Å². The van der Waals surface area contributed by atoms with Crippen LogP contribution < -0.4 is 4.74 Å². The number of aliphatic hydroxyl groups is 1. The van der Waals surface area contributed by atoms with Crippen molar-refractivity contribution in [2.75, 3.05) is 20.3 Å². The Morgan fingerprint density at radius 1 is 1.09 bits per heavy atom. The number of rotatable bonds is 7. The normalized spacial score (nSPS) is 10.3. The maximum absolute atomic E-state index is 12.5. The molecular formula is C18H21NO3. The first kappa shape index (κ1) is 16.0. The molecule has 2 aromatic rings. The molecule has 0 aliphatic carbocycles. The van der Waals surface area contributed by atoms with Gasteiger partial charge >= 0.3 is 0 Å². The molecule has 2 aromatic carbocycles. The van der Waals surface area contributed by atoms with Crippen molar-refractivity contribution in [3.05, 3.63) is 65.7 Å². The number of ether oxygens (including phenoxy) is 1. The van der Waals surface area contributed by atoms with Crippen LogP contribution in [-0.4, -0.2) is 36.2 Å². The number of amides is 1. The highest BCUT2D eigenvalue weighted by Gasteiger charge is 2.16. The predicted molar refractivity (Wildman–Crippen MR) is 85.6 cm³/mol. The van der Waals surface area contributed by atoms with Crippen molar-refractivity contribution in [2.24, 2.45) is 0 Å². The second-order valence-corrected chi connectivity index (χ2v) is 5.01. The molecule has 0 fully saturated rings. The molecule has 0 heterocycles. The first-order valence-electron chi connectivity index (χ1n) is 7.29. The van der Waals surface area contributed by atoms with Crippen molar-refractivity contribution in [3.8, 4) is 5.75 Å². The van der Waals surface area contributed by atoms with Gasteiger partial charge < -0.3 is 14.7 Å². The minimum atomic E-state index is -0.0511. The molecule has 4 heteroatoms. The van der Waals surface area contributed by atoms with Gasteiger partial charge in [0.2, 0.25) is 5.91 Å². The van der Waals surface area contributed by atoms with E-state index in [9.17, 15) is 9.90 Å². The lowest BCUT2D eigenvalue weighted by Gasteiger charge is -2.22. The van der Waals surface area contributed by atoms with Crippen LogP contribution >= 0.6 is 0 Å². The van der Waals surface area contributed by atoms with Gasteiger partial charge in [0.1, 0.15) is 5.75 Å². The molecular weight excluding hydrogens is 278 g/mol. The molecule has 0 bridgehead atoms. The minimum Gasteiger partial charge on any atom is -0.496 e. The van der Waals surface area contributed by atoms with Crippen molar-refractivity contribution in [2.45, 2.75) is 13.0 Å². The third kappa shape index (κ3) is 4.33. The van der Waals surface area contributed by atoms with Crippen LogP contribution in [0.1, 0.15) is 11.1 Å². The number of aliphatic hydroxyl groups excluding tert-OH is 1. The molecule has 1 amide bonds. The Balaban J connectivity index is 2.09. The highest BCUT2D eigenvalue weighted by molar-refractivity contribution is 5.79.